The molecule has 1 N–H and O–H groups in total. The van der Waals surface area contributed by atoms with Gasteiger partial charge in [0.2, 0.25) is 0 Å². The Labute approximate surface area is 144 Å². The Morgan fingerprint density at radius 1 is 1.00 bits per heavy atom. The van der Waals surface area contributed by atoms with Crippen molar-refractivity contribution in [1.29, 1.82) is 0 Å². The first-order chi connectivity index (χ1) is 10.8. The summed E-state index contributed by atoms with van der Waals surface area (Å²) < 4.78 is 0. The van der Waals surface area contributed by atoms with E-state index in [0.29, 0.717) is 5.66 Å². The van der Waals surface area contributed by atoms with Crippen molar-refractivity contribution in [3.63, 3.8) is 0 Å². The van der Waals surface area contributed by atoms with Crippen LogP contribution in [0.25, 0.3) is 0 Å². The van der Waals surface area contributed by atoms with E-state index in [9.17, 15) is 0 Å². The van der Waals surface area contributed by atoms with Crippen LogP contribution < -0.4 is 5.32 Å². The van der Waals surface area contributed by atoms with E-state index < -0.39 is 0 Å². The molecule has 0 bridgehead atoms. The van der Waals surface area contributed by atoms with Crippen molar-refractivity contribution in [2.45, 2.75) is 58.5 Å². The van der Waals surface area contributed by atoms with Gasteiger partial charge < -0.3 is 5.32 Å². The van der Waals surface area contributed by atoms with E-state index in [-0.39, 0.29) is 5.41 Å². The molecule has 0 aromatic heterocycles. The fourth-order valence-corrected chi connectivity index (χ4v) is 3.06. The lowest BCUT2D eigenvalue weighted by Gasteiger charge is -2.26. The molecule has 0 saturated carbocycles. The standard InChI is InChI=1S/C21H30NP/c1-15-7-6-8-16(2)20(15)22-19-11-9-18(10-12-19)21(4,5)14-13-17(3)23/h6-12,17,22H,13-14,23H2,1-5H3/t17-/m0/s1. The summed E-state index contributed by atoms with van der Waals surface area (Å²) in [6.45, 7) is 11.2. The highest BCUT2D eigenvalue weighted by molar-refractivity contribution is 7.17. The van der Waals surface area contributed by atoms with Gasteiger partial charge >= 0.3 is 0 Å². The molecule has 2 rings (SSSR count). The zero-order valence-corrected chi connectivity index (χ0v) is 16.3. The quantitative estimate of drug-likeness (QED) is 0.608. The number of anilines is 2. The smallest absolute Gasteiger partial charge is 0.0443 e. The van der Waals surface area contributed by atoms with Gasteiger partial charge in [-0.1, -0.05) is 51.1 Å². The van der Waals surface area contributed by atoms with Crippen LogP contribution in [-0.2, 0) is 5.41 Å². The summed E-state index contributed by atoms with van der Waals surface area (Å²) in [4.78, 5) is 0. The summed E-state index contributed by atoms with van der Waals surface area (Å²) in [5.74, 6) is 0. The molecule has 0 spiro atoms. The lowest BCUT2D eigenvalue weighted by atomic mass is 9.80. The molecule has 0 heterocycles. The lowest BCUT2D eigenvalue weighted by molar-refractivity contribution is 0.461. The Bertz CT molecular complexity index is 621. The average Bonchev–Trinajstić information content (AvgIpc) is 2.50. The maximum absolute atomic E-state index is 3.57. The van der Waals surface area contributed by atoms with Crippen molar-refractivity contribution in [3.8, 4) is 0 Å². The van der Waals surface area contributed by atoms with Gasteiger partial charge in [0.25, 0.3) is 0 Å². The third-order valence-electron chi connectivity index (χ3n) is 4.64. The second kappa shape index (κ2) is 7.49. The first-order valence-electron chi connectivity index (χ1n) is 8.49. The second-order valence-corrected chi connectivity index (χ2v) is 8.51. The minimum Gasteiger partial charge on any atom is -0.355 e. The SMILES string of the molecule is Cc1cccc(C)c1Nc1ccc(C(C)(C)CC[C@H](C)P)cc1. The Balaban J connectivity index is 2.13. The molecule has 0 aliphatic carbocycles. The number of nitrogens with one attached hydrogen (secondary N) is 1. The van der Waals surface area contributed by atoms with Crippen LogP contribution in [-0.4, -0.2) is 5.66 Å². The molecule has 2 aromatic rings. The van der Waals surface area contributed by atoms with Gasteiger partial charge in [0.05, 0.1) is 0 Å². The highest BCUT2D eigenvalue weighted by atomic mass is 31.0. The first kappa shape index (κ1) is 18.0. The van der Waals surface area contributed by atoms with Crippen LogP contribution in [0.4, 0.5) is 11.4 Å². The van der Waals surface area contributed by atoms with E-state index in [1.54, 1.807) is 0 Å². The predicted molar refractivity (Wildman–Crippen MR) is 107 cm³/mol. The molecule has 1 nitrogen and oxygen atoms in total. The minimum absolute atomic E-state index is 0.224. The molecule has 0 aliphatic heterocycles. The molecule has 1 unspecified atom stereocenters. The van der Waals surface area contributed by atoms with Gasteiger partial charge in [0.1, 0.15) is 0 Å². The third kappa shape index (κ3) is 4.82. The largest absolute Gasteiger partial charge is 0.355 e. The van der Waals surface area contributed by atoms with Crippen molar-refractivity contribution >= 4 is 20.6 Å². The van der Waals surface area contributed by atoms with Gasteiger partial charge in [-0.2, -0.15) is 0 Å². The first-order valence-corrected chi connectivity index (χ1v) is 9.15. The van der Waals surface area contributed by atoms with Gasteiger partial charge in [-0.3, -0.25) is 0 Å². The average molecular weight is 327 g/mol. The van der Waals surface area contributed by atoms with Crippen LogP contribution in [0.3, 0.4) is 0 Å². The fraction of sp³-hybridized carbons (Fsp3) is 0.429. The highest BCUT2D eigenvalue weighted by Gasteiger charge is 2.20. The maximum atomic E-state index is 3.57. The van der Waals surface area contributed by atoms with E-state index in [1.165, 1.54) is 35.2 Å². The molecule has 23 heavy (non-hydrogen) atoms. The predicted octanol–water partition coefficient (Wildman–Crippen LogP) is 6.37. The summed E-state index contributed by atoms with van der Waals surface area (Å²) in [6, 6.07) is 15.3. The number of para-hydroxylation sites is 1. The molecule has 0 amide bonds. The summed E-state index contributed by atoms with van der Waals surface area (Å²) in [6.07, 6.45) is 2.45. The van der Waals surface area contributed by atoms with Crippen molar-refractivity contribution in [2.75, 3.05) is 5.32 Å². The Morgan fingerprint density at radius 3 is 2.09 bits per heavy atom. The summed E-state index contributed by atoms with van der Waals surface area (Å²) in [5.41, 5.74) is 7.25. The molecule has 0 aliphatic rings. The minimum atomic E-state index is 0.224. The molecule has 124 valence electrons. The van der Waals surface area contributed by atoms with Crippen molar-refractivity contribution in [3.05, 3.63) is 59.2 Å². The number of hydrogen-bond donors (Lipinski definition) is 1. The third-order valence-corrected chi connectivity index (χ3v) is 4.97. The molecule has 2 atom stereocenters. The van der Waals surface area contributed by atoms with Crippen LogP contribution in [0.15, 0.2) is 42.5 Å². The van der Waals surface area contributed by atoms with Crippen LogP contribution in [0.2, 0.25) is 0 Å². The van der Waals surface area contributed by atoms with Gasteiger partial charge in [0.15, 0.2) is 0 Å². The highest BCUT2D eigenvalue weighted by Crippen LogP contribution is 2.32. The zero-order chi connectivity index (χ0) is 17.0. The second-order valence-electron chi connectivity index (χ2n) is 7.37. The molecule has 0 fully saturated rings. The van der Waals surface area contributed by atoms with Crippen LogP contribution in [0, 0.1) is 13.8 Å². The number of rotatable bonds is 6. The lowest BCUT2D eigenvalue weighted by Crippen LogP contribution is -2.18. The maximum Gasteiger partial charge on any atom is 0.0443 e. The molecule has 2 aromatic carbocycles. The molecular formula is C21H30NP. The van der Waals surface area contributed by atoms with Gasteiger partial charge in [0, 0.05) is 11.4 Å². The Kier molecular flexibility index (Phi) is 5.87. The number of benzene rings is 2. The van der Waals surface area contributed by atoms with Gasteiger partial charge in [-0.15, -0.1) is 9.24 Å². The topological polar surface area (TPSA) is 12.0 Å². The summed E-state index contributed by atoms with van der Waals surface area (Å²) >= 11 is 0. The van der Waals surface area contributed by atoms with Gasteiger partial charge in [-0.05, 0) is 66.6 Å². The number of hydrogen-bond acceptors (Lipinski definition) is 1. The molecule has 0 saturated heterocycles. The molecule has 0 radical (unpaired) electrons. The van der Waals surface area contributed by atoms with Crippen molar-refractivity contribution < 1.29 is 0 Å². The number of aryl methyl sites for hydroxylation is 2. The zero-order valence-electron chi connectivity index (χ0n) is 15.1. The summed E-state index contributed by atoms with van der Waals surface area (Å²) in [7, 11) is 2.90. The van der Waals surface area contributed by atoms with E-state index in [4.69, 9.17) is 0 Å². The van der Waals surface area contributed by atoms with Gasteiger partial charge in [-0.25, -0.2) is 0 Å². The molecule has 2 heteroatoms. The Morgan fingerprint density at radius 2 is 1.57 bits per heavy atom. The van der Waals surface area contributed by atoms with Crippen LogP contribution >= 0.6 is 9.24 Å². The van der Waals surface area contributed by atoms with E-state index in [1.807, 2.05) is 0 Å². The van der Waals surface area contributed by atoms with E-state index >= 15 is 0 Å². The van der Waals surface area contributed by atoms with E-state index in [0.717, 1.165) is 5.69 Å². The van der Waals surface area contributed by atoms with Crippen LogP contribution in [0.5, 0.6) is 0 Å². The summed E-state index contributed by atoms with van der Waals surface area (Å²) in [5, 5.41) is 3.57. The van der Waals surface area contributed by atoms with Crippen molar-refractivity contribution in [1.82, 2.24) is 0 Å². The monoisotopic (exact) mass is 327 g/mol. The van der Waals surface area contributed by atoms with Crippen LogP contribution in [0.1, 0.15) is 50.3 Å². The van der Waals surface area contributed by atoms with Crippen molar-refractivity contribution in [2.24, 2.45) is 0 Å². The molecular weight excluding hydrogens is 297 g/mol. The Hall–Kier alpha value is -1.33. The normalized spacial score (nSPS) is 13.0. The van der Waals surface area contributed by atoms with E-state index in [2.05, 4.69) is 91.6 Å². The fourth-order valence-electron chi connectivity index (χ4n) is 2.89.